The first-order valence-electron chi connectivity index (χ1n) is 7.99. The third-order valence-corrected chi connectivity index (χ3v) is 4.62. The fraction of sp³-hybridized carbons (Fsp3) is 0.647. The zero-order valence-electron chi connectivity index (χ0n) is 13.5. The van der Waals surface area contributed by atoms with Gasteiger partial charge in [-0.3, -0.25) is 0 Å². The van der Waals surface area contributed by atoms with Gasteiger partial charge in [0.2, 0.25) is 0 Å². The summed E-state index contributed by atoms with van der Waals surface area (Å²) in [5.41, 5.74) is 2.60. The van der Waals surface area contributed by atoms with Crippen LogP contribution < -0.4 is 10.2 Å². The van der Waals surface area contributed by atoms with E-state index in [1.54, 1.807) is 0 Å². The van der Waals surface area contributed by atoms with E-state index in [1.807, 2.05) is 6.07 Å². The molecule has 4 heteroatoms. The molecule has 1 aromatic carbocycles. The first-order valence-corrected chi connectivity index (χ1v) is 8.36. The first kappa shape index (κ1) is 16.6. The Labute approximate surface area is 134 Å². The summed E-state index contributed by atoms with van der Waals surface area (Å²) < 4.78 is 0. The number of hydrogen-bond donors (Lipinski definition) is 1. The van der Waals surface area contributed by atoms with Crippen molar-refractivity contribution in [1.82, 2.24) is 10.2 Å². The number of nitrogens with zero attached hydrogens (tertiary/aromatic N) is 2. The Bertz CT molecular complexity index is 442. The third-order valence-electron chi connectivity index (χ3n) is 4.39. The highest BCUT2D eigenvalue weighted by Gasteiger charge is 2.19. The summed E-state index contributed by atoms with van der Waals surface area (Å²) in [6.07, 6.45) is 2.61. The minimum absolute atomic E-state index is 0.800. The van der Waals surface area contributed by atoms with Crippen molar-refractivity contribution in [2.45, 2.75) is 26.3 Å². The number of halogens is 1. The number of likely N-dealkylation sites (tertiary alicyclic amines) is 1. The molecule has 0 unspecified atom stereocenters. The Balaban J connectivity index is 2.02. The van der Waals surface area contributed by atoms with E-state index in [1.165, 1.54) is 37.2 Å². The molecule has 3 nitrogen and oxygen atoms in total. The number of anilines is 1. The lowest BCUT2D eigenvalue weighted by Crippen LogP contribution is -2.36. The standard InChI is InChI=1S/C17H28ClN3/c1-4-19-12-15-11-16(18)5-6-17(15)21(3)13-14-7-9-20(2)10-8-14/h5-6,11,14,19H,4,7-10,12-13H2,1-3H3. The minimum Gasteiger partial charge on any atom is -0.374 e. The second-order valence-corrected chi connectivity index (χ2v) is 6.62. The van der Waals surface area contributed by atoms with Gasteiger partial charge in [0.25, 0.3) is 0 Å². The van der Waals surface area contributed by atoms with Crippen LogP contribution in [0, 0.1) is 5.92 Å². The van der Waals surface area contributed by atoms with Crippen LogP contribution in [0.4, 0.5) is 5.69 Å². The minimum atomic E-state index is 0.800. The highest BCUT2D eigenvalue weighted by atomic mass is 35.5. The molecule has 1 fully saturated rings. The SMILES string of the molecule is CCNCc1cc(Cl)ccc1N(C)CC1CCN(C)CC1. The summed E-state index contributed by atoms with van der Waals surface area (Å²) in [5.74, 6) is 0.800. The molecule has 1 aromatic rings. The van der Waals surface area contributed by atoms with E-state index >= 15 is 0 Å². The molecule has 0 amide bonds. The van der Waals surface area contributed by atoms with Crippen molar-refractivity contribution in [1.29, 1.82) is 0 Å². The number of nitrogens with one attached hydrogen (secondary N) is 1. The molecule has 0 aromatic heterocycles. The van der Waals surface area contributed by atoms with Gasteiger partial charge in [0, 0.05) is 30.8 Å². The molecule has 1 N–H and O–H groups in total. The Morgan fingerprint density at radius 2 is 2.05 bits per heavy atom. The van der Waals surface area contributed by atoms with Crippen molar-refractivity contribution in [3.8, 4) is 0 Å². The second-order valence-electron chi connectivity index (χ2n) is 6.18. The van der Waals surface area contributed by atoms with Crippen LogP contribution in [0.3, 0.4) is 0 Å². The molecule has 1 saturated heterocycles. The molecule has 118 valence electrons. The fourth-order valence-electron chi connectivity index (χ4n) is 3.06. The predicted octanol–water partition coefficient (Wildman–Crippen LogP) is 3.23. The van der Waals surface area contributed by atoms with Gasteiger partial charge in [-0.2, -0.15) is 0 Å². The van der Waals surface area contributed by atoms with Gasteiger partial charge >= 0.3 is 0 Å². The lowest BCUT2D eigenvalue weighted by atomic mass is 9.96. The van der Waals surface area contributed by atoms with Crippen LogP contribution in [0.25, 0.3) is 0 Å². The number of rotatable bonds is 6. The van der Waals surface area contributed by atoms with Gasteiger partial charge in [-0.1, -0.05) is 18.5 Å². The second kappa shape index (κ2) is 8.02. The molecule has 0 atom stereocenters. The summed E-state index contributed by atoms with van der Waals surface area (Å²) in [6, 6.07) is 6.24. The molecule has 0 radical (unpaired) electrons. The lowest BCUT2D eigenvalue weighted by Gasteiger charge is -2.33. The van der Waals surface area contributed by atoms with Crippen LogP contribution in [0.2, 0.25) is 5.02 Å². The molecule has 0 bridgehead atoms. The molecule has 2 rings (SSSR count). The Morgan fingerprint density at radius 3 is 2.71 bits per heavy atom. The quantitative estimate of drug-likeness (QED) is 0.870. The van der Waals surface area contributed by atoms with E-state index in [4.69, 9.17) is 11.6 Å². The topological polar surface area (TPSA) is 18.5 Å². The van der Waals surface area contributed by atoms with Crippen LogP contribution in [0.1, 0.15) is 25.3 Å². The third kappa shape index (κ3) is 4.87. The lowest BCUT2D eigenvalue weighted by molar-refractivity contribution is 0.222. The average molecular weight is 310 g/mol. The molecule has 0 saturated carbocycles. The molecule has 1 aliphatic heterocycles. The van der Waals surface area contributed by atoms with Crippen LogP contribution in [-0.4, -0.2) is 45.2 Å². The molecule has 0 aliphatic carbocycles. The number of hydrogen-bond acceptors (Lipinski definition) is 3. The van der Waals surface area contributed by atoms with Gasteiger partial charge in [0.15, 0.2) is 0 Å². The van der Waals surface area contributed by atoms with Gasteiger partial charge in [0.05, 0.1) is 0 Å². The van der Waals surface area contributed by atoms with Crippen molar-refractivity contribution in [2.75, 3.05) is 45.2 Å². The molecular weight excluding hydrogens is 282 g/mol. The maximum Gasteiger partial charge on any atom is 0.0410 e. The van der Waals surface area contributed by atoms with Gasteiger partial charge in [-0.05, 0) is 69.2 Å². The van der Waals surface area contributed by atoms with E-state index in [-0.39, 0.29) is 0 Å². The molecular formula is C17H28ClN3. The Kier molecular flexibility index (Phi) is 6.34. The first-order chi connectivity index (χ1) is 10.1. The Hall–Kier alpha value is -0.770. The van der Waals surface area contributed by atoms with Crippen molar-refractivity contribution < 1.29 is 0 Å². The molecule has 0 spiro atoms. The zero-order chi connectivity index (χ0) is 15.2. The summed E-state index contributed by atoms with van der Waals surface area (Å²) in [7, 11) is 4.42. The van der Waals surface area contributed by atoms with Crippen LogP contribution >= 0.6 is 11.6 Å². The number of piperidine rings is 1. The van der Waals surface area contributed by atoms with Crippen LogP contribution in [0.15, 0.2) is 18.2 Å². The van der Waals surface area contributed by atoms with Crippen molar-refractivity contribution in [3.05, 3.63) is 28.8 Å². The summed E-state index contributed by atoms with van der Waals surface area (Å²) in [6.45, 7) is 7.57. The van der Waals surface area contributed by atoms with E-state index in [0.717, 1.165) is 30.6 Å². The molecule has 21 heavy (non-hydrogen) atoms. The van der Waals surface area contributed by atoms with Crippen molar-refractivity contribution in [2.24, 2.45) is 5.92 Å². The van der Waals surface area contributed by atoms with E-state index in [2.05, 4.69) is 48.3 Å². The normalized spacial score (nSPS) is 17.1. The highest BCUT2D eigenvalue weighted by molar-refractivity contribution is 6.30. The van der Waals surface area contributed by atoms with E-state index in [9.17, 15) is 0 Å². The van der Waals surface area contributed by atoms with Crippen molar-refractivity contribution >= 4 is 17.3 Å². The maximum atomic E-state index is 6.16. The van der Waals surface area contributed by atoms with Gasteiger partial charge < -0.3 is 15.1 Å². The predicted molar refractivity (Wildman–Crippen MR) is 92.3 cm³/mol. The summed E-state index contributed by atoms with van der Waals surface area (Å²) in [5, 5.41) is 4.22. The largest absolute Gasteiger partial charge is 0.374 e. The van der Waals surface area contributed by atoms with Crippen LogP contribution in [0.5, 0.6) is 0 Å². The smallest absolute Gasteiger partial charge is 0.0410 e. The van der Waals surface area contributed by atoms with Crippen LogP contribution in [-0.2, 0) is 6.54 Å². The monoisotopic (exact) mass is 309 g/mol. The van der Waals surface area contributed by atoms with E-state index < -0.39 is 0 Å². The average Bonchev–Trinajstić information content (AvgIpc) is 2.47. The zero-order valence-corrected chi connectivity index (χ0v) is 14.3. The molecule has 1 aliphatic rings. The summed E-state index contributed by atoms with van der Waals surface area (Å²) in [4.78, 5) is 4.83. The molecule has 1 heterocycles. The van der Waals surface area contributed by atoms with Crippen molar-refractivity contribution in [3.63, 3.8) is 0 Å². The van der Waals surface area contributed by atoms with Gasteiger partial charge in [0.1, 0.15) is 0 Å². The number of benzene rings is 1. The van der Waals surface area contributed by atoms with Gasteiger partial charge in [-0.15, -0.1) is 0 Å². The maximum absolute atomic E-state index is 6.16. The van der Waals surface area contributed by atoms with E-state index in [0.29, 0.717) is 0 Å². The fourth-order valence-corrected chi connectivity index (χ4v) is 3.25. The van der Waals surface area contributed by atoms with Gasteiger partial charge in [-0.25, -0.2) is 0 Å². The summed E-state index contributed by atoms with van der Waals surface area (Å²) >= 11 is 6.16. The Morgan fingerprint density at radius 1 is 1.33 bits per heavy atom. The highest BCUT2D eigenvalue weighted by Crippen LogP contribution is 2.26.